The molecule has 9 heteroatoms. The van der Waals surface area contributed by atoms with Crippen LogP contribution >= 0.6 is 0 Å². The molecule has 0 unspecified atom stereocenters. The molecule has 0 atom stereocenters. The Labute approximate surface area is 181 Å². The van der Waals surface area contributed by atoms with E-state index in [9.17, 15) is 13.2 Å². The van der Waals surface area contributed by atoms with Crippen LogP contribution in [-0.2, 0) is 14.8 Å². The van der Waals surface area contributed by atoms with Crippen LogP contribution in [0.15, 0.2) is 78.0 Å². The summed E-state index contributed by atoms with van der Waals surface area (Å²) in [5.41, 5.74) is 4.40. The molecule has 2 N–H and O–H groups in total. The quantitative estimate of drug-likeness (QED) is 0.392. The molecule has 0 aliphatic rings. The lowest BCUT2D eigenvalue weighted by atomic mass is 10.2. The molecule has 0 spiro atoms. The average Bonchev–Trinajstić information content (AvgIpc) is 2.76. The molecule has 8 nitrogen and oxygen atoms in total. The summed E-state index contributed by atoms with van der Waals surface area (Å²) >= 11 is 0. The third-order valence-electron chi connectivity index (χ3n) is 4.19. The van der Waals surface area contributed by atoms with Gasteiger partial charge in [0.15, 0.2) is 0 Å². The number of nitrogens with one attached hydrogen (secondary N) is 2. The van der Waals surface area contributed by atoms with Gasteiger partial charge in [-0.1, -0.05) is 18.2 Å². The second kappa shape index (κ2) is 9.94. The Morgan fingerprint density at radius 3 is 2.45 bits per heavy atom. The number of hydrogen-bond donors (Lipinski definition) is 2. The van der Waals surface area contributed by atoms with Gasteiger partial charge in [-0.2, -0.15) is 12.8 Å². The van der Waals surface area contributed by atoms with E-state index in [0.717, 1.165) is 15.7 Å². The Bertz CT molecular complexity index is 1120. The van der Waals surface area contributed by atoms with E-state index >= 15 is 0 Å². The predicted octanol–water partition coefficient (Wildman–Crippen LogP) is 3.13. The number of carbonyl (C=O) groups excluding carboxylic acids is 1. The van der Waals surface area contributed by atoms with Gasteiger partial charge in [-0.3, -0.25) is 15.2 Å². The van der Waals surface area contributed by atoms with Crippen LogP contribution in [0.1, 0.15) is 12.5 Å². The summed E-state index contributed by atoms with van der Waals surface area (Å²) in [6.45, 7) is 3.99. The van der Waals surface area contributed by atoms with E-state index in [1.807, 2.05) is 19.1 Å². The minimum absolute atomic E-state index is 0.0641. The fourth-order valence-corrected chi connectivity index (χ4v) is 4.21. The standard InChI is InChI=1S/C22H24N4O4S/c1-17-14-20(16-21(15-17)30-13-12-24-19-8-10-23-11-9-19)26(25-18(2)27)31(28,29)22-6-4-3-5-7-22/h3-11,14-16H,12-13H2,1-2H3,(H,23,24)(H,25,27). The van der Waals surface area contributed by atoms with E-state index in [4.69, 9.17) is 4.74 Å². The smallest absolute Gasteiger partial charge is 0.281 e. The van der Waals surface area contributed by atoms with Crippen molar-refractivity contribution in [3.8, 4) is 5.75 Å². The van der Waals surface area contributed by atoms with Crippen LogP contribution in [0, 0.1) is 6.92 Å². The molecule has 2 aromatic carbocycles. The van der Waals surface area contributed by atoms with E-state index < -0.39 is 15.9 Å². The van der Waals surface area contributed by atoms with Gasteiger partial charge in [0.25, 0.3) is 10.0 Å². The van der Waals surface area contributed by atoms with Crippen molar-refractivity contribution in [3.63, 3.8) is 0 Å². The first-order valence-electron chi connectivity index (χ1n) is 9.62. The van der Waals surface area contributed by atoms with Crippen molar-refractivity contribution in [2.45, 2.75) is 18.7 Å². The third-order valence-corrected chi connectivity index (χ3v) is 5.84. The first-order valence-corrected chi connectivity index (χ1v) is 11.1. The van der Waals surface area contributed by atoms with Crippen LogP contribution in [0.2, 0.25) is 0 Å². The number of hydrogen-bond acceptors (Lipinski definition) is 6. The number of anilines is 2. The third kappa shape index (κ3) is 5.95. The van der Waals surface area contributed by atoms with Crippen molar-refractivity contribution in [2.75, 3.05) is 22.9 Å². The van der Waals surface area contributed by atoms with Crippen LogP contribution in [0.25, 0.3) is 0 Å². The Balaban J connectivity index is 1.80. The van der Waals surface area contributed by atoms with Crippen molar-refractivity contribution in [2.24, 2.45) is 0 Å². The number of hydrazine groups is 1. The number of sulfonamides is 1. The Kier molecular flexibility index (Phi) is 7.09. The van der Waals surface area contributed by atoms with E-state index in [2.05, 4.69) is 15.7 Å². The highest BCUT2D eigenvalue weighted by atomic mass is 32.2. The van der Waals surface area contributed by atoms with Gasteiger partial charge in [-0.05, 0) is 48.9 Å². The van der Waals surface area contributed by atoms with E-state index in [0.29, 0.717) is 18.9 Å². The molecule has 0 saturated heterocycles. The van der Waals surface area contributed by atoms with Crippen molar-refractivity contribution >= 4 is 27.3 Å². The Hall–Kier alpha value is -3.59. The molecular weight excluding hydrogens is 416 g/mol. The number of ether oxygens (including phenoxy) is 1. The van der Waals surface area contributed by atoms with Gasteiger partial charge < -0.3 is 10.1 Å². The first-order chi connectivity index (χ1) is 14.9. The number of nitrogens with zero attached hydrogens (tertiary/aromatic N) is 2. The number of benzene rings is 2. The summed E-state index contributed by atoms with van der Waals surface area (Å²) in [5.74, 6) is -0.0184. The van der Waals surface area contributed by atoms with Crippen LogP contribution in [0.4, 0.5) is 11.4 Å². The first kappa shape index (κ1) is 22.1. The molecule has 0 aliphatic carbocycles. The number of rotatable bonds is 9. The average molecular weight is 441 g/mol. The highest BCUT2D eigenvalue weighted by Crippen LogP contribution is 2.27. The van der Waals surface area contributed by atoms with Crippen LogP contribution in [-0.4, -0.2) is 32.5 Å². The van der Waals surface area contributed by atoms with Gasteiger partial charge in [-0.15, -0.1) is 0 Å². The summed E-state index contributed by atoms with van der Waals surface area (Å²) in [6, 6.07) is 16.7. The molecule has 1 aromatic heterocycles. The predicted molar refractivity (Wildman–Crippen MR) is 119 cm³/mol. The minimum Gasteiger partial charge on any atom is -0.492 e. The Morgan fingerprint density at radius 2 is 1.77 bits per heavy atom. The summed E-state index contributed by atoms with van der Waals surface area (Å²) in [4.78, 5) is 15.8. The molecule has 0 aliphatic heterocycles. The van der Waals surface area contributed by atoms with Crippen molar-refractivity contribution in [3.05, 3.63) is 78.6 Å². The molecule has 3 aromatic rings. The lowest BCUT2D eigenvalue weighted by Crippen LogP contribution is -2.45. The van der Waals surface area contributed by atoms with Crippen LogP contribution < -0.4 is 19.9 Å². The molecule has 1 heterocycles. The van der Waals surface area contributed by atoms with Crippen molar-refractivity contribution in [1.29, 1.82) is 0 Å². The highest BCUT2D eigenvalue weighted by Gasteiger charge is 2.26. The Morgan fingerprint density at radius 1 is 1.06 bits per heavy atom. The fourth-order valence-electron chi connectivity index (χ4n) is 2.87. The van der Waals surface area contributed by atoms with Crippen LogP contribution in [0.5, 0.6) is 5.75 Å². The number of aryl methyl sites for hydroxylation is 1. The topological polar surface area (TPSA) is 101 Å². The molecule has 1 amide bonds. The molecule has 3 rings (SSSR count). The SMILES string of the molecule is CC(=O)NN(c1cc(C)cc(OCCNc2ccncc2)c1)S(=O)(=O)c1ccccc1. The normalized spacial score (nSPS) is 10.9. The second-order valence-electron chi connectivity index (χ2n) is 6.77. The molecule has 162 valence electrons. The molecule has 0 fully saturated rings. The van der Waals surface area contributed by atoms with Crippen molar-refractivity contribution < 1.29 is 17.9 Å². The number of carbonyl (C=O) groups is 1. The zero-order chi connectivity index (χ0) is 22.3. The summed E-state index contributed by atoms with van der Waals surface area (Å²) < 4.78 is 33.0. The van der Waals surface area contributed by atoms with Gasteiger partial charge in [-0.25, -0.2) is 0 Å². The van der Waals surface area contributed by atoms with Gasteiger partial charge >= 0.3 is 0 Å². The maximum Gasteiger partial charge on any atom is 0.281 e. The number of amides is 1. The maximum atomic E-state index is 13.2. The number of aromatic nitrogens is 1. The zero-order valence-electron chi connectivity index (χ0n) is 17.3. The van der Waals surface area contributed by atoms with Gasteiger partial charge in [0.05, 0.1) is 10.6 Å². The van der Waals surface area contributed by atoms with E-state index in [1.54, 1.807) is 48.8 Å². The monoisotopic (exact) mass is 440 g/mol. The molecule has 31 heavy (non-hydrogen) atoms. The molecular formula is C22H24N4O4S. The minimum atomic E-state index is -4.02. The van der Waals surface area contributed by atoms with Gasteiger partial charge in [0.2, 0.25) is 5.91 Å². The summed E-state index contributed by atoms with van der Waals surface area (Å²) in [5, 5.41) is 3.21. The fraction of sp³-hybridized carbons (Fsp3) is 0.182. The number of pyridine rings is 1. The van der Waals surface area contributed by atoms with Crippen LogP contribution in [0.3, 0.4) is 0 Å². The van der Waals surface area contributed by atoms with Gasteiger partial charge in [0, 0.05) is 37.6 Å². The van der Waals surface area contributed by atoms with Gasteiger partial charge in [0.1, 0.15) is 12.4 Å². The zero-order valence-corrected chi connectivity index (χ0v) is 18.1. The van der Waals surface area contributed by atoms with Crippen molar-refractivity contribution in [1.82, 2.24) is 10.4 Å². The maximum absolute atomic E-state index is 13.2. The summed E-state index contributed by atoms with van der Waals surface area (Å²) in [6.07, 6.45) is 3.39. The molecule has 0 saturated carbocycles. The summed E-state index contributed by atoms with van der Waals surface area (Å²) in [7, 11) is -4.02. The largest absolute Gasteiger partial charge is 0.492 e. The lowest BCUT2D eigenvalue weighted by molar-refractivity contribution is -0.118. The lowest BCUT2D eigenvalue weighted by Gasteiger charge is -2.25. The highest BCUT2D eigenvalue weighted by molar-refractivity contribution is 7.92. The molecule has 0 bridgehead atoms. The van der Waals surface area contributed by atoms with E-state index in [-0.39, 0.29) is 10.6 Å². The molecule has 0 radical (unpaired) electrons. The second-order valence-corrected chi connectivity index (χ2v) is 8.55. The van der Waals surface area contributed by atoms with E-state index in [1.165, 1.54) is 19.1 Å².